The lowest BCUT2D eigenvalue weighted by Gasteiger charge is -2.07. The number of aryl methyl sites for hydroxylation is 1. The van der Waals surface area contributed by atoms with E-state index in [9.17, 15) is 4.79 Å². The van der Waals surface area contributed by atoms with E-state index in [1.54, 1.807) is 37.3 Å². The first kappa shape index (κ1) is 18.4. The third-order valence-corrected chi connectivity index (χ3v) is 4.35. The van der Waals surface area contributed by atoms with E-state index in [-0.39, 0.29) is 5.91 Å². The molecule has 0 unspecified atom stereocenters. The van der Waals surface area contributed by atoms with Crippen molar-refractivity contribution in [1.29, 1.82) is 0 Å². The molecular weight excluding hydrogens is 366 g/mol. The summed E-state index contributed by atoms with van der Waals surface area (Å²) in [4.78, 5) is 21.7. The van der Waals surface area contributed by atoms with Crippen LogP contribution in [0.2, 0.25) is 0 Å². The number of methoxy groups -OCH3 is 1. The van der Waals surface area contributed by atoms with Gasteiger partial charge in [0.15, 0.2) is 0 Å². The highest BCUT2D eigenvalue weighted by molar-refractivity contribution is 6.04. The van der Waals surface area contributed by atoms with E-state index in [4.69, 9.17) is 4.74 Å². The zero-order valence-corrected chi connectivity index (χ0v) is 16.0. The predicted molar refractivity (Wildman–Crippen MR) is 111 cm³/mol. The van der Waals surface area contributed by atoms with E-state index in [1.807, 2.05) is 54.6 Å². The second-order valence-corrected chi connectivity index (χ2v) is 6.37. The molecule has 144 valence electrons. The maximum atomic E-state index is 12.8. The summed E-state index contributed by atoms with van der Waals surface area (Å²) >= 11 is 0. The van der Waals surface area contributed by atoms with Gasteiger partial charge in [0, 0.05) is 25.0 Å². The predicted octanol–water partition coefficient (Wildman–Crippen LogP) is 3.81. The molecule has 0 saturated carbocycles. The summed E-state index contributed by atoms with van der Waals surface area (Å²) in [6.07, 6.45) is 3.44. The number of amides is 1. The number of aromatic nitrogens is 4. The molecule has 0 aliphatic rings. The monoisotopic (exact) mass is 385 g/mol. The topological polar surface area (TPSA) is 81.9 Å². The maximum absolute atomic E-state index is 12.8. The molecule has 3 aromatic heterocycles. The number of nitrogens with one attached hydrogen (secondary N) is 1. The fourth-order valence-electron chi connectivity index (χ4n) is 2.94. The Morgan fingerprint density at radius 3 is 2.52 bits per heavy atom. The van der Waals surface area contributed by atoms with Crippen molar-refractivity contribution in [2.45, 2.75) is 0 Å². The molecule has 4 aromatic rings. The quantitative estimate of drug-likeness (QED) is 0.565. The zero-order chi connectivity index (χ0) is 20.2. The van der Waals surface area contributed by atoms with Crippen molar-refractivity contribution in [3.63, 3.8) is 0 Å². The number of nitrogens with zero attached hydrogens (tertiary/aromatic N) is 4. The van der Waals surface area contributed by atoms with E-state index in [0.717, 1.165) is 11.3 Å². The first-order valence-electron chi connectivity index (χ1n) is 9.02. The van der Waals surface area contributed by atoms with Gasteiger partial charge in [0.2, 0.25) is 0 Å². The number of hydrogen-bond acceptors (Lipinski definition) is 5. The van der Waals surface area contributed by atoms with Gasteiger partial charge in [-0.1, -0.05) is 12.1 Å². The van der Waals surface area contributed by atoms with Crippen LogP contribution in [0.5, 0.6) is 5.75 Å². The van der Waals surface area contributed by atoms with Crippen LogP contribution in [0.1, 0.15) is 10.5 Å². The van der Waals surface area contributed by atoms with Gasteiger partial charge in [-0.2, -0.15) is 5.10 Å². The molecule has 7 heteroatoms. The number of ether oxygens (including phenoxy) is 1. The molecule has 0 fully saturated rings. The molecule has 3 heterocycles. The van der Waals surface area contributed by atoms with Crippen molar-refractivity contribution in [3.05, 3.63) is 78.8 Å². The molecule has 4 rings (SSSR count). The zero-order valence-electron chi connectivity index (χ0n) is 16.0. The smallest absolute Gasteiger partial charge is 0.274 e. The highest BCUT2D eigenvalue weighted by Gasteiger charge is 2.16. The molecule has 0 saturated heterocycles. The van der Waals surface area contributed by atoms with Gasteiger partial charge in [-0.15, -0.1) is 0 Å². The largest absolute Gasteiger partial charge is 0.497 e. The van der Waals surface area contributed by atoms with Gasteiger partial charge >= 0.3 is 0 Å². The van der Waals surface area contributed by atoms with E-state index in [0.29, 0.717) is 28.5 Å². The van der Waals surface area contributed by atoms with E-state index in [1.165, 1.54) is 0 Å². The molecule has 0 atom stereocenters. The van der Waals surface area contributed by atoms with Crippen molar-refractivity contribution >= 4 is 11.6 Å². The van der Waals surface area contributed by atoms with Gasteiger partial charge in [-0.05, 0) is 48.5 Å². The molecule has 1 aromatic carbocycles. The molecule has 0 aliphatic heterocycles. The van der Waals surface area contributed by atoms with Gasteiger partial charge in [-0.3, -0.25) is 14.5 Å². The summed E-state index contributed by atoms with van der Waals surface area (Å²) in [5.41, 5.74) is 3.78. The Bertz CT molecular complexity index is 1140. The van der Waals surface area contributed by atoms with Crippen LogP contribution in [-0.2, 0) is 7.05 Å². The summed E-state index contributed by atoms with van der Waals surface area (Å²) in [6.45, 7) is 0. The fraction of sp³-hybridized carbons (Fsp3) is 0.0909. The second-order valence-electron chi connectivity index (χ2n) is 6.37. The minimum absolute atomic E-state index is 0.314. The van der Waals surface area contributed by atoms with Crippen LogP contribution in [0.4, 0.5) is 5.69 Å². The summed E-state index contributed by atoms with van der Waals surface area (Å²) in [7, 11) is 3.42. The standard InChI is InChI=1S/C22H19N5O2/c1-27-14-20(21(26-27)18-6-3-4-13-23-18)25-22(28)19-8-5-7-17(24-19)15-9-11-16(29-2)12-10-15/h3-14H,1-2H3,(H,25,28). The van der Waals surface area contributed by atoms with Crippen molar-refractivity contribution in [2.75, 3.05) is 12.4 Å². The van der Waals surface area contributed by atoms with Crippen LogP contribution in [0.25, 0.3) is 22.6 Å². The van der Waals surface area contributed by atoms with Crippen LogP contribution >= 0.6 is 0 Å². The second kappa shape index (κ2) is 7.93. The number of anilines is 1. The highest BCUT2D eigenvalue weighted by Crippen LogP contribution is 2.25. The number of carbonyl (C=O) groups excluding carboxylic acids is 1. The summed E-state index contributed by atoms with van der Waals surface area (Å²) in [5, 5.41) is 7.31. The summed E-state index contributed by atoms with van der Waals surface area (Å²) in [6, 6.07) is 18.4. The Kier molecular flexibility index (Phi) is 5.03. The Balaban J connectivity index is 1.60. The lowest BCUT2D eigenvalue weighted by Crippen LogP contribution is -2.14. The minimum atomic E-state index is -0.314. The molecule has 0 aliphatic carbocycles. The first-order chi connectivity index (χ1) is 14.1. The van der Waals surface area contributed by atoms with E-state index in [2.05, 4.69) is 20.4 Å². The molecule has 0 bridgehead atoms. The van der Waals surface area contributed by atoms with Gasteiger partial charge in [0.25, 0.3) is 5.91 Å². The molecule has 1 amide bonds. The number of benzene rings is 1. The Morgan fingerprint density at radius 1 is 1.00 bits per heavy atom. The van der Waals surface area contributed by atoms with Crippen molar-refractivity contribution in [3.8, 4) is 28.4 Å². The molecule has 7 nitrogen and oxygen atoms in total. The lowest BCUT2D eigenvalue weighted by molar-refractivity contribution is 0.102. The summed E-state index contributed by atoms with van der Waals surface area (Å²) in [5.74, 6) is 0.451. The van der Waals surface area contributed by atoms with Gasteiger partial charge in [-0.25, -0.2) is 4.98 Å². The minimum Gasteiger partial charge on any atom is -0.497 e. The van der Waals surface area contributed by atoms with Crippen LogP contribution in [-0.4, -0.2) is 32.8 Å². The average Bonchev–Trinajstić information content (AvgIpc) is 3.14. The fourth-order valence-corrected chi connectivity index (χ4v) is 2.94. The van der Waals surface area contributed by atoms with Crippen LogP contribution in [0.3, 0.4) is 0 Å². The number of rotatable bonds is 5. The molecule has 0 spiro atoms. The van der Waals surface area contributed by atoms with Crippen molar-refractivity contribution < 1.29 is 9.53 Å². The highest BCUT2D eigenvalue weighted by atomic mass is 16.5. The lowest BCUT2D eigenvalue weighted by atomic mass is 10.1. The Labute approximate surface area is 168 Å². The molecular formula is C22H19N5O2. The molecule has 0 radical (unpaired) electrons. The van der Waals surface area contributed by atoms with Crippen LogP contribution in [0, 0.1) is 0 Å². The third kappa shape index (κ3) is 3.98. The van der Waals surface area contributed by atoms with Crippen LogP contribution in [0.15, 0.2) is 73.1 Å². The number of carbonyl (C=O) groups is 1. The molecule has 1 N–H and O–H groups in total. The maximum Gasteiger partial charge on any atom is 0.274 e. The van der Waals surface area contributed by atoms with Gasteiger partial charge < -0.3 is 10.1 Å². The Hall–Kier alpha value is -4.00. The van der Waals surface area contributed by atoms with Gasteiger partial charge in [0.1, 0.15) is 17.1 Å². The number of pyridine rings is 2. The average molecular weight is 385 g/mol. The van der Waals surface area contributed by atoms with Gasteiger partial charge in [0.05, 0.1) is 24.2 Å². The molecule has 29 heavy (non-hydrogen) atoms. The normalized spacial score (nSPS) is 10.6. The van der Waals surface area contributed by atoms with Crippen LogP contribution < -0.4 is 10.1 Å². The first-order valence-corrected chi connectivity index (χ1v) is 9.02. The summed E-state index contributed by atoms with van der Waals surface area (Å²) < 4.78 is 6.83. The van der Waals surface area contributed by atoms with Crippen molar-refractivity contribution in [2.24, 2.45) is 7.05 Å². The van der Waals surface area contributed by atoms with E-state index >= 15 is 0 Å². The van der Waals surface area contributed by atoms with E-state index < -0.39 is 0 Å². The third-order valence-electron chi connectivity index (χ3n) is 4.35. The Morgan fingerprint density at radius 2 is 1.79 bits per heavy atom. The van der Waals surface area contributed by atoms with Crippen molar-refractivity contribution in [1.82, 2.24) is 19.7 Å². The number of hydrogen-bond donors (Lipinski definition) is 1. The SMILES string of the molecule is COc1ccc(-c2cccc(C(=O)Nc3cn(C)nc3-c3ccccn3)n2)cc1.